The molecule has 0 saturated carbocycles. The van der Waals surface area contributed by atoms with Crippen LogP contribution < -0.4 is 21.5 Å². The van der Waals surface area contributed by atoms with Crippen LogP contribution in [0.4, 0.5) is 15.9 Å². The second kappa shape index (κ2) is 9.05. The van der Waals surface area contributed by atoms with Gasteiger partial charge in [-0.1, -0.05) is 0 Å². The summed E-state index contributed by atoms with van der Waals surface area (Å²) in [5.41, 5.74) is 13.0. The number of aliphatic hydroxyl groups is 1. The second-order valence-electron chi connectivity index (χ2n) is 8.32. The Morgan fingerprint density at radius 3 is 2.82 bits per heavy atom. The van der Waals surface area contributed by atoms with Crippen molar-refractivity contribution in [2.45, 2.75) is 24.6 Å². The van der Waals surface area contributed by atoms with Gasteiger partial charge in [-0.25, -0.2) is 14.4 Å². The van der Waals surface area contributed by atoms with E-state index >= 15 is 0 Å². The molecule has 2 saturated heterocycles. The Balaban J connectivity index is 1.25. The molecule has 2 aromatic heterocycles. The van der Waals surface area contributed by atoms with E-state index in [4.69, 9.17) is 20.9 Å². The van der Waals surface area contributed by atoms with Crippen molar-refractivity contribution in [1.82, 2.24) is 24.8 Å². The number of fused-ring (bicyclic) bond motifs is 1. The first-order chi connectivity index (χ1) is 16.4. The number of carbonyl (C=O) groups excluding carboxylic acids is 1. The normalized spacial score (nSPS) is 25.1. The molecule has 12 heteroatoms. The van der Waals surface area contributed by atoms with Gasteiger partial charge in [-0.05, 0) is 18.2 Å². The van der Waals surface area contributed by atoms with Gasteiger partial charge in [0.25, 0.3) is 5.91 Å². The van der Waals surface area contributed by atoms with E-state index in [2.05, 4.69) is 15.3 Å². The largest absolute Gasteiger partial charge is 0.491 e. The van der Waals surface area contributed by atoms with Crippen LogP contribution in [0.15, 0.2) is 36.8 Å². The Labute approximate surface area is 194 Å². The SMILES string of the molecule is Nc1cc(OC[C@H]2O[C@@H](n3ccc4c(N)ncnc43)[C@@H](F)[C@@H]2O)ccc1C(=O)N1CCNCC1. The van der Waals surface area contributed by atoms with E-state index in [0.717, 1.165) is 13.1 Å². The van der Waals surface area contributed by atoms with Gasteiger partial charge in [0.2, 0.25) is 0 Å². The van der Waals surface area contributed by atoms with E-state index in [1.807, 2.05) is 0 Å². The van der Waals surface area contributed by atoms with Crippen molar-refractivity contribution in [3.05, 3.63) is 42.4 Å². The van der Waals surface area contributed by atoms with Gasteiger partial charge in [0.05, 0.1) is 10.9 Å². The lowest BCUT2D eigenvalue weighted by Crippen LogP contribution is -2.46. The molecule has 0 unspecified atom stereocenters. The van der Waals surface area contributed by atoms with E-state index in [9.17, 15) is 14.3 Å². The minimum atomic E-state index is -1.70. The first-order valence-corrected chi connectivity index (χ1v) is 11.0. The highest BCUT2D eigenvalue weighted by molar-refractivity contribution is 5.99. The average Bonchev–Trinajstić information content (AvgIpc) is 3.40. The highest BCUT2D eigenvalue weighted by Gasteiger charge is 2.46. The molecule has 180 valence electrons. The van der Waals surface area contributed by atoms with Crippen LogP contribution in [0.1, 0.15) is 16.6 Å². The highest BCUT2D eigenvalue weighted by atomic mass is 19.1. The Morgan fingerprint density at radius 2 is 2.06 bits per heavy atom. The molecule has 2 aliphatic rings. The predicted octanol–water partition coefficient (Wildman–Crippen LogP) is 0.317. The van der Waals surface area contributed by atoms with Crippen molar-refractivity contribution < 1.29 is 23.8 Å². The van der Waals surface area contributed by atoms with Crippen molar-refractivity contribution in [2.24, 2.45) is 0 Å². The molecule has 3 aromatic rings. The third kappa shape index (κ3) is 4.00. The zero-order chi connectivity index (χ0) is 23.8. The summed E-state index contributed by atoms with van der Waals surface area (Å²) >= 11 is 0. The quantitative estimate of drug-likeness (QED) is 0.385. The molecule has 1 aromatic carbocycles. The fourth-order valence-corrected chi connectivity index (χ4v) is 4.30. The molecule has 0 radical (unpaired) electrons. The van der Waals surface area contributed by atoms with Crippen molar-refractivity contribution in [1.29, 1.82) is 0 Å². The molecule has 0 aliphatic carbocycles. The van der Waals surface area contributed by atoms with E-state index < -0.39 is 24.6 Å². The van der Waals surface area contributed by atoms with Crippen LogP contribution in [0.25, 0.3) is 11.0 Å². The maximum absolute atomic E-state index is 14.9. The number of nitrogens with one attached hydrogen (secondary N) is 1. The van der Waals surface area contributed by atoms with Crippen LogP contribution in [0.2, 0.25) is 0 Å². The fraction of sp³-hybridized carbons (Fsp3) is 0.409. The molecule has 2 aliphatic heterocycles. The third-order valence-corrected chi connectivity index (χ3v) is 6.18. The van der Waals surface area contributed by atoms with Gasteiger partial charge in [-0.15, -0.1) is 0 Å². The van der Waals surface area contributed by atoms with Crippen LogP contribution in [-0.4, -0.2) is 81.6 Å². The van der Waals surface area contributed by atoms with E-state index in [1.54, 1.807) is 35.4 Å². The number of piperazine rings is 1. The number of carbonyl (C=O) groups is 1. The van der Waals surface area contributed by atoms with Crippen LogP contribution in [0, 0.1) is 0 Å². The number of hydrogen-bond acceptors (Lipinski definition) is 9. The number of anilines is 2. The number of alkyl halides is 1. The molecule has 1 amide bonds. The molecule has 4 heterocycles. The van der Waals surface area contributed by atoms with Crippen molar-refractivity contribution in [3.63, 3.8) is 0 Å². The Hall–Kier alpha value is -3.48. The Kier molecular flexibility index (Phi) is 5.94. The number of benzene rings is 1. The summed E-state index contributed by atoms with van der Waals surface area (Å²) in [4.78, 5) is 22.5. The van der Waals surface area contributed by atoms with Crippen molar-refractivity contribution >= 4 is 28.4 Å². The number of halogens is 1. The molecule has 6 N–H and O–H groups in total. The molecule has 4 atom stereocenters. The molecule has 11 nitrogen and oxygen atoms in total. The fourth-order valence-electron chi connectivity index (χ4n) is 4.30. The monoisotopic (exact) mass is 471 g/mol. The summed E-state index contributed by atoms with van der Waals surface area (Å²) in [5, 5.41) is 14.2. The zero-order valence-electron chi connectivity index (χ0n) is 18.3. The number of nitrogens with two attached hydrogens (primary N) is 2. The van der Waals surface area contributed by atoms with Gasteiger partial charge in [-0.2, -0.15) is 0 Å². The smallest absolute Gasteiger partial charge is 0.256 e. The van der Waals surface area contributed by atoms with E-state index in [-0.39, 0.29) is 24.0 Å². The first-order valence-electron chi connectivity index (χ1n) is 11.0. The van der Waals surface area contributed by atoms with E-state index in [1.165, 1.54) is 10.9 Å². The first kappa shape index (κ1) is 22.3. The number of amides is 1. The van der Waals surface area contributed by atoms with Gasteiger partial charge in [0.15, 0.2) is 12.4 Å². The number of nitrogen functional groups attached to an aromatic ring is 2. The van der Waals surface area contributed by atoms with Gasteiger partial charge < -0.3 is 40.8 Å². The number of aliphatic hydroxyl groups excluding tert-OH is 1. The number of ether oxygens (including phenoxy) is 2. The van der Waals surface area contributed by atoms with Gasteiger partial charge >= 0.3 is 0 Å². The number of rotatable bonds is 5. The predicted molar refractivity (Wildman–Crippen MR) is 122 cm³/mol. The molecule has 34 heavy (non-hydrogen) atoms. The van der Waals surface area contributed by atoms with Crippen LogP contribution in [0.3, 0.4) is 0 Å². The summed E-state index contributed by atoms with van der Waals surface area (Å²) in [5.74, 6) is 0.525. The summed E-state index contributed by atoms with van der Waals surface area (Å²) in [6.45, 7) is 2.61. The third-order valence-electron chi connectivity index (χ3n) is 6.18. The molecular formula is C22H26FN7O4. The van der Waals surface area contributed by atoms with E-state index in [0.29, 0.717) is 35.4 Å². The maximum Gasteiger partial charge on any atom is 0.256 e. The van der Waals surface area contributed by atoms with Crippen molar-refractivity contribution in [3.8, 4) is 5.75 Å². The minimum Gasteiger partial charge on any atom is -0.491 e. The molecule has 5 rings (SSSR count). The minimum absolute atomic E-state index is 0.112. The Bertz CT molecular complexity index is 1200. The van der Waals surface area contributed by atoms with Gasteiger partial charge in [0.1, 0.15) is 42.4 Å². The molecule has 0 bridgehead atoms. The van der Waals surface area contributed by atoms with Crippen molar-refractivity contribution in [2.75, 3.05) is 44.3 Å². The lowest BCUT2D eigenvalue weighted by atomic mass is 10.1. The maximum atomic E-state index is 14.9. The highest BCUT2D eigenvalue weighted by Crippen LogP contribution is 2.35. The number of hydrogen-bond donors (Lipinski definition) is 4. The van der Waals surface area contributed by atoms with Gasteiger partial charge in [0, 0.05) is 44.1 Å². The summed E-state index contributed by atoms with van der Waals surface area (Å²) in [7, 11) is 0. The number of nitrogens with zero attached hydrogens (tertiary/aromatic N) is 4. The van der Waals surface area contributed by atoms with Crippen LogP contribution in [0.5, 0.6) is 5.75 Å². The molecule has 2 fully saturated rings. The van der Waals surface area contributed by atoms with Crippen LogP contribution >= 0.6 is 0 Å². The summed E-state index contributed by atoms with van der Waals surface area (Å²) < 4.78 is 27.9. The number of aromatic nitrogens is 3. The van der Waals surface area contributed by atoms with Gasteiger partial charge in [-0.3, -0.25) is 4.79 Å². The van der Waals surface area contributed by atoms with Crippen LogP contribution in [-0.2, 0) is 4.74 Å². The Morgan fingerprint density at radius 1 is 1.26 bits per heavy atom. The standard InChI is InChI=1S/C22H26FN7O4/c23-17-18(31)16(34-22(17)30-6-3-14-19(25)27-11-28-20(14)30)10-33-12-1-2-13(15(24)9-12)21(32)29-7-4-26-5-8-29/h1-3,6,9,11,16-18,22,26,31H,4-5,7-8,10,24H2,(H2,25,27,28)/t16-,17+,18-,22-/m1/s1. The summed E-state index contributed by atoms with van der Waals surface area (Å²) in [6.07, 6.45) is -2.26. The molecule has 0 spiro atoms. The lowest BCUT2D eigenvalue weighted by Gasteiger charge is -2.28. The summed E-state index contributed by atoms with van der Waals surface area (Å²) in [6, 6.07) is 6.44. The second-order valence-corrected chi connectivity index (χ2v) is 8.32. The zero-order valence-corrected chi connectivity index (χ0v) is 18.3. The molecular weight excluding hydrogens is 445 g/mol. The lowest BCUT2D eigenvalue weighted by molar-refractivity contribution is -0.0410. The average molecular weight is 471 g/mol. The topological polar surface area (TPSA) is 154 Å².